The predicted octanol–water partition coefficient (Wildman–Crippen LogP) is 2.46. The summed E-state index contributed by atoms with van der Waals surface area (Å²) >= 11 is 0. The lowest BCUT2D eigenvalue weighted by atomic mass is 10.1. The van der Waals surface area contributed by atoms with Gasteiger partial charge in [0.25, 0.3) is 0 Å². The van der Waals surface area contributed by atoms with Crippen LogP contribution in [0, 0.1) is 6.92 Å². The highest BCUT2D eigenvalue weighted by molar-refractivity contribution is 5.38. The normalized spacial score (nSPS) is 12.5. The molecule has 16 heavy (non-hydrogen) atoms. The summed E-state index contributed by atoms with van der Waals surface area (Å²) in [4.78, 5) is 0. The lowest BCUT2D eigenvalue weighted by molar-refractivity contribution is 0.108. The molecule has 90 valence electrons. The molecule has 1 rings (SSSR count). The van der Waals surface area contributed by atoms with Crippen LogP contribution in [0.25, 0.3) is 0 Å². The summed E-state index contributed by atoms with van der Waals surface area (Å²) in [5.74, 6) is 0.745. The van der Waals surface area contributed by atoms with Crippen molar-refractivity contribution in [3.8, 4) is 5.75 Å². The summed E-state index contributed by atoms with van der Waals surface area (Å²) in [6.07, 6.45) is -0.511. The summed E-state index contributed by atoms with van der Waals surface area (Å²) in [5, 5.41) is 9.59. The van der Waals surface area contributed by atoms with Crippen LogP contribution >= 0.6 is 0 Å². The standard InChI is InChI=1S/C13H20O3/c1-4-15-7-8-16-13-9-10(2)5-6-12(13)11(3)14/h5-6,9,11,14H,4,7-8H2,1-3H3/t11-/m1/s1. The Bertz CT molecular complexity index is 321. The predicted molar refractivity (Wildman–Crippen MR) is 63.8 cm³/mol. The maximum absolute atomic E-state index is 9.59. The minimum absolute atomic E-state index is 0.511. The molecule has 1 aromatic carbocycles. The van der Waals surface area contributed by atoms with Crippen molar-refractivity contribution in [3.63, 3.8) is 0 Å². The molecule has 0 amide bonds. The molecule has 0 spiro atoms. The number of aliphatic hydroxyl groups is 1. The van der Waals surface area contributed by atoms with Crippen LogP contribution in [0.3, 0.4) is 0 Å². The number of aryl methyl sites for hydroxylation is 1. The molecule has 0 aliphatic heterocycles. The van der Waals surface area contributed by atoms with E-state index in [0.29, 0.717) is 19.8 Å². The molecular weight excluding hydrogens is 204 g/mol. The van der Waals surface area contributed by atoms with E-state index < -0.39 is 6.10 Å². The Morgan fingerprint density at radius 2 is 2.06 bits per heavy atom. The first kappa shape index (κ1) is 13.0. The number of hydrogen-bond donors (Lipinski definition) is 1. The van der Waals surface area contributed by atoms with Gasteiger partial charge >= 0.3 is 0 Å². The summed E-state index contributed by atoms with van der Waals surface area (Å²) in [7, 11) is 0. The second-order valence-electron chi connectivity index (χ2n) is 3.76. The first-order valence-electron chi connectivity index (χ1n) is 5.64. The molecule has 0 aromatic heterocycles. The summed E-state index contributed by atoms with van der Waals surface area (Å²) in [6, 6.07) is 5.81. The van der Waals surface area contributed by atoms with Gasteiger partial charge in [0.2, 0.25) is 0 Å². The van der Waals surface area contributed by atoms with Crippen LogP contribution in [0.5, 0.6) is 5.75 Å². The quantitative estimate of drug-likeness (QED) is 0.754. The highest BCUT2D eigenvalue weighted by Gasteiger charge is 2.08. The van der Waals surface area contributed by atoms with Gasteiger partial charge in [-0.15, -0.1) is 0 Å². The molecule has 1 atom stereocenters. The molecule has 0 aliphatic rings. The van der Waals surface area contributed by atoms with Crippen LogP contribution < -0.4 is 4.74 Å². The molecule has 1 N–H and O–H groups in total. The third kappa shape index (κ3) is 3.83. The van der Waals surface area contributed by atoms with Gasteiger partial charge in [0.05, 0.1) is 12.7 Å². The Kier molecular flexibility index (Phi) is 5.29. The van der Waals surface area contributed by atoms with Crippen molar-refractivity contribution < 1.29 is 14.6 Å². The van der Waals surface area contributed by atoms with Gasteiger partial charge in [0.1, 0.15) is 12.4 Å². The number of ether oxygens (including phenoxy) is 2. The average Bonchev–Trinajstić information content (AvgIpc) is 2.24. The summed E-state index contributed by atoms with van der Waals surface area (Å²) in [6.45, 7) is 7.47. The van der Waals surface area contributed by atoms with Crippen LogP contribution in [0.1, 0.15) is 31.1 Å². The van der Waals surface area contributed by atoms with Gasteiger partial charge in [-0.2, -0.15) is 0 Å². The molecule has 3 nitrogen and oxygen atoms in total. The van der Waals surface area contributed by atoms with Crippen LogP contribution in [0.2, 0.25) is 0 Å². The number of hydrogen-bond acceptors (Lipinski definition) is 3. The van der Waals surface area contributed by atoms with Gasteiger partial charge in [0, 0.05) is 12.2 Å². The molecule has 0 saturated carbocycles. The molecule has 0 aliphatic carbocycles. The SMILES string of the molecule is CCOCCOc1cc(C)ccc1[C@@H](C)O. The van der Waals surface area contributed by atoms with Crippen LogP contribution in [-0.2, 0) is 4.74 Å². The van der Waals surface area contributed by atoms with Crippen molar-refractivity contribution in [2.45, 2.75) is 26.9 Å². The maximum atomic E-state index is 9.59. The fourth-order valence-corrected chi connectivity index (χ4v) is 1.47. The number of aliphatic hydroxyl groups excluding tert-OH is 1. The van der Waals surface area contributed by atoms with Gasteiger partial charge in [-0.1, -0.05) is 12.1 Å². The van der Waals surface area contributed by atoms with Gasteiger partial charge in [-0.05, 0) is 32.4 Å². The van der Waals surface area contributed by atoms with E-state index in [9.17, 15) is 5.11 Å². The van der Waals surface area contributed by atoms with Crippen molar-refractivity contribution >= 4 is 0 Å². The monoisotopic (exact) mass is 224 g/mol. The zero-order chi connectivity index (χ0) is 12.0. The second-order valence-corrected chi connectivity index (χ2v) is 3.76. The third-order valence-electron chi connectivity index (χ3n) is 2.31. The molecule has 0 fully saturated rings. The lowest BCUT2D eigenvalue weighted by Crippen LogP contribution is -2.08. The zero-order valence-corrected chi connectivity index (χ0v) is 10.2. The Morgan fingerprint density at radius 1 is 1.31 bits per heavy atom. The fraction of sp³-hybridized carbons (Fsp3) is 0.538. The molecule has 0 unspecified atom stereocenters. The molecule has 0 radical (unpaired) electrons. The largest absolute Gasteiger partial charge is 0.491 e. The van der Waals surface area contributed by atoms with Gasteiger partial charge in [-0.3, -0.25) is 0 Å². The van der Waals surface area contributed by atoms with Crippen molar-refractivity contribution in [1.82, 2.24) is 0 Å². The lowest BCUT2D eigenvalue weighted by Gasteiger charge is -2.14. The number of rotatable bonds is 6. The van der Waals surface area contributed by atoms with Gasteiger partial charge in [0.15, 0.2) is 0 Å². The van der Waals surface area contributed by atoms with E-state index in [1.807, 2.05) is 32.0 Å². The fourth-order valence-electron chi connectivity index (χ4n) is 1.47. The Labute approximate surface area is 97.0 Å². The van der Waals surface area contributed by atoms with E-state index in [1.165, 1.54) is 0 Å². The van der Waals surface area contributed by atoms with E-state index in [4.69, 9.17) is 9.47 Å². The highest BCUT2D eigenvalue weighted by atomic mass is 16.5. The van der Waals surface area contributed by atoms with Crippen molar-refractivity contribution in [2.24, 2.45) is 0 Å². The molecule has 3 heteroatoms. The topological polar surface area (TPSA) is 38.7 Å². The summed E-state index contributed by atoms with van der Waals surface area (Å²) in [5.41, 5.74) is 1.94. The first-order valence-corrected chi connectivity index (χ1v) is 5.64. The first-order chi connectivity index (χ1) is 7.65. The zero-order valence-electron chi connectivity index (χ0n) is 10.2. The van der Waals surface area contributed by atoms with E-state index in [0.717, 1.165) is 16.9 Å². The van der Waals surface area contributed by atoms with E-state index in [1.54, 1.807) is 6.92 Å². The van der Waals surface area contributed by atoms with Gasteiger partial charge < -0.3 is 14.6 Å². The molecule has 0 bridgehead atoms. The maximum Gasteiger partial charge on any atom is 0.125 e. The Morgan fingerprint density at radius 3 is 2.69 bits per heavy atom. The van der Waals surface area contributed by atoms with E-state index in [-0.39, 0.29) is 0 Å². The molecule has 1 aromatic rings. The Balaban J connectivity index is 2.65. The summed E-state index contributed by atoms with van der Waals surface area (Å²) < 4.78 is 10.8. The van der Waals surface area contributed by atoms with Crippen molar-refractivity contribution in [3.05, 3.63) is 29.3 Å². The smallest absolute Gasteiger partial charge is 0.125 e. The second kappa shape index (κ2) is 6.51. The third-order valence-corrected chi connectivity index (χ3v) is 2.31. The minimum Gasteiger partial charge on any atom is -0.491 e. The van der Waals surface area contributed by atoms with Crippen LogP contribution in [0.15, 0.2) is 18.2 Å². The Hall–Kier alpha value is -1.06. The van der Waals surface area contributed by atoms with Crippen LogP contribution in [0.4, 0.5) is 0 Å². The van der Waals surface area contributed by atoms with Crippen molar-refractivity contribution in [1.29, 1.82) is 0 Å². The van der Waals surface area contributed by atoms with Gasteiger partial charge in [-0.25, -0.2) is 0 Å². The highest BCUT2D eigenvalue weighted by Crippen LogP contribution is 2.26. The molecule has 0 saturated heterocycles. The van der Waals surface area contributed by atoms with E-state index in [2.05, 4.69) is 0 Å². The van der Waals surface area contributed by atoms with E-state index >= 15 is 0 Å². The molecule has 0 heterocycles. The van der Waals surface area contributed by atoms with Crippen LogP contribution in [-0.4, -0.2) is 24.9 Å². The average molecular weight is 224 g/mol. The van der Waals surface area contributed by atoms with Crippen molar-refractivity contribution in [2.75, 3.05) is 19.8 Å². The minimum atomic E-state index is -0.511. The molecular formula is C13H20O3. The number of benzene rings is 1.